The van der Waals surface area contributed by atoms with E-state index in [1.54, 1.807) is 19.1 Å². The highest BCUT2D eigenvalue weighted by molar-refractivity contribution is 5.93. The second-order valence-corrected chi connectivity index (χ2v) is 10.7. The summed E-state index contributed by atoms with van der Waals surface area (Å²) in [6.07, 6.45) is 4.50. The lowest BCUT2D eigenvalue weighted by Gasteiger charge is -2.28. The standard InChI is InChI=1S/C33H38N4O4/c1-22-9-13-28(23(2)17-22)35-33(39)37(26-11-12-26)21-32(38)36(20-24-10-14-30(40-3)31(18-24)41-4)16-15-25-19-34-29-8-6-5-7-27(25)29/h5-10,13-14,17-19,26,34H,11-12,15-16,20-21H2,1-4H3,(H,35,39). The van der Waals surface area contributed by atoms with Crippen molar-refractivity contribution in [3.8, 4) is 11.5 Å². The van der Waals surface area contributed by atoms with Crippen LogP contribution in [0, 0.1) is 13.8 Å². The zero-order valence-electron chi connectivity index (χ0n) is 24.2. The lowest BCUT2D eigenvalue weighted by Crippen LogP contribution is -2.46. The Kier molecular flexibility index (Phi) is 8.47. The number of aromatic nitrogens is 1. The maximum atomic E-state index is 13.9. The SMILES string of the molecule is COc1ccc(CN(CCc2c[nH]c3ccccc23)C(=O)CN(C(=O)Nc2ccc(C)cc2C)C2CC2)cc1OC. The summed E-state index contributed by atoms with van der Waals surface area (Å²) in [6, 6.07) is 19.6. The summed E-state index contributed by atoms with van der Waals surface area (Å²) < 4.78 is 10.9. The number of hydrogen-bond donors (Lipinski definition) is 2. The van der Waals surface area contributed by atoms with Gasteiger partial charge in [0.2, 0.25) is 5.91 Å². The fourth-order valence-electron chi connectivity index (χ4n) is 5.22. The number of carbonyl (C=O) groups excluding carboxylic acids is 2. The van der Waals surface area contributed by atoms with Gasteiger partial charge in [-0.05, 0) is 74.1 Å². The fourth-order valence-corrected chi connectivity index (χ4v) is 5.22. The van der Waals surface area contributed by atoms with Crippen LogP contribution >= 0.6 is 0 Å². The monoisotopic (exact) mass is 554 g/mol. The van der Waals surface area contributed by atoms with Crippen LogP contribution in [-0.2, 0) is 17.8 Å². The number of nitrogens with zero attached hydrogens (tertiary/aromatic N) is 2. The average Bonchev–Trinajstić information content (AvgIpc) is 3.74. The van der Waals surface area contributed by atoms with Crippen LogP contribution in [0.25, 0.3) is 10.9 Å². The normalized spacial score (nSPS) is 12.7. The summed E-state index contributed by atoms with van der Waals surface area (Å²) in [6.45, 7) is 4.91. The molecule has 1 heterocycles. The van der Waals surface area contributed by atoms with Crippen LogP contribution < -0.4 is 14.8 Å². The Bertz CT molecular complexity index is 1540. The molecule has 1 fully saturated rings. The molecule has 0 saturated heterocycles. The molecule has 1 aliphatic rings. The fraction of sp³-hybridized carbons (Fsp3) is 0.333. The summed E-state index contributed by atoms with van der Waals surface area (Å²) in [5.74, 6) is 1.15. The van der Waals surface area contributed by atoms with Crippen LogP contribution in [0.1, 0.15) is 35.1 Å². The molecule has 8 nitrogen and oxygen atoms in total. The average molecular weight is 555 g/mol. The number of amides is 3. The van der Waals surface area contributed by atoms with Crippen LogP contribution in [0.15, 0.2) is 66.9 Å². The van der Waals surface area contributed by atoms with E-state index in [4.69, 9.17) is 9.47 Å². The quantitative estimate of drug-likeness (QED) is 0.236. The molecule has 214 valence electrons. The Morgan fingerprint density at radius 1 is 0.976 bits per heavy atom. The van der Waals surface area contributed by atoms with Crippen molar-refractivity contribution in [3.63, 3.8) is 0 Å². The third-order valence-corrected chi connectivity index (χ3v) is 7.68. The van der Waals surface area contributed by atoms with Gasteiger partial charge in [0.05, 0.1) is 14.2 Å². The minimum absolute atomic E-state index is 0.0165. The number of fused-ring (bicyclic) bond motifs is 1. The third-order valence-electron chi connectivity index (χ3n) is 7.68. The zero-order valence-corrected chi connectivity index (χ0v) is 24.2. The Hall–Kier alpha value is -4.46. The Morgan fingerprint density at radius 2 is 1.76 bits per heavy atom. The predicted molar refractivity (Wildman–Crippen MR) is 162 cm³/mol. The van der Waals surface area contributed by atoms with Gasteiger partial charge in [0.25, 0.3) is 0 Å². The van der Waals surface area contributed by atoms with Crippen LogP contribution in [0.5, 0.6) is 11.5 Å². The number of hydrogen-bond acceptors (Lipinski definition) is 4. The Morgan fingerprint density at radius 3 is 2.49 bits per heavy atom. The molecule has 1 aliphatic carbocycles. The number of ether oxygens (including phenoxy) is 2. The van der Waals surface area contributed by atoms with E-state index in [1.165, 1.54) is 0 Å². The minimum Gasteiger partial charge on any atom is -0.493 e. The summed E-state index contributed by atoms with van der Waals surface area (Å²) in [5.41, 5.74) is 6.04. The number of urea groups is 1. The maximum absolute atomic E-state index is 13.9. The van der Waals surface area contributed by atoms with Crippen molar-refractivity contribution in [1.29, 1.82) is 0 Å². The van der Waals surface area contributed by atoms with E-state index < -0.39 is 0 Å². The van der Waals surface area contributed by atoms with E-state index in [0.717, 1.165) is 51.7 Å². The molecule has 8 heteroatoms. The van der Waals surface area contributed by atoms with Gasteiger partial charge >= 0.3 is 6.03 Å². The molecule has 3 aromatic carbocycles. The Labute approximate surface area is 241 Å². The van der Waals surface area contributed by atoms with Gasteiger partial charge in [-0.3, -0.25) is 4.79 Å². The first-order chi connectivity index (χ1) is 19.9. The van der Waals surface area contributed by atoms with E-state index in [1.807, 2.05) is 79.5 Å². The van der Waals surface area contributed by atoms with Crippen molar-refractivity contribution in [2.24, 2.45) is 0 Å². The molecule has 41 heavy (non-hydrogen) atoms. The first kappa shape index (κ1) is 28.1. The third kappa shape index (κ3) is 6.65. The minimum atomic E-state index is -0.240. The van der Waals surface area contributed by atoms with Crippen LogP contribution in [0.2, 0.25) is 0 Å². The number of nitrogens with one attached hydrogen (secondary N) is 2. The second-order valence-electron chi connectivity index (χ2n) is 10.7. The number of aryl methyl sites for hydroxylation is 2. The molecule has 2 N–H and O–H groups in total. The number of para-hydroxylation sites is 1. The van der Waals surface area contributed by atoms with Crippen molar-refractivity contribution in [3.05, 3.63) is 89.1 Å². The van der Waals surface area contributed by atoms with Crippen LogP contribution in [0.3, 0.4) is 0 Å². The van der Waals surface area contributed by atoms with Gasteiger partial charge in [-0.15, -0.1) is 0 Å². The number of aromatic amines is 1. The molecule has 3 amide bonds. The molecular weight excluding hydrogens is 516 g/mol. The van der Waals surface area contributed by atoms with Gasteiger partial charge in [0, 0.05) is 41.9 Å². The Balaban J connectivity index is 1.35. The van der Waals surface area contributed by atoms with E-state index in [-0.39, 0.29) is 24.5 Å². The van der Waals surface area contributed by atoms with Crippen molar-refractivity contribution < 1.29 is 19.1 Å². The van der Waals surface area contributed by atoms with Crippen molar-refractivity contribution >= 4 is 28.5 Å². The summed E-state index contributed by atoms with van der Waals surface area (Å²) in [4.78, 5) is 34.2. The number of H-pyrrole nitrogens is 1. The zero-order chi connectivity index (χ0) is 28.9. The molecule has 4 aromatic rings. The number of rotatable bonds is 11. The van der Waals surface area contributed by atoms with Crippen LogP contribution in [-0.4, -0.2) is 60.1 Å². The van der Waals surface area contributed by atoms with Crippen LogP contribution in [0.4, 0.5) is 10.5 Å². The van der Waals surface area contributed by atoms with Gasteiger partial charge in [0.15, 0.2) is 11.5 Å². The topological polar surface area (TPSA) is 86.9 Å². The molecular formula is C33H38N4O4. The van der Waals surface area contributed by atoms with Crippen molar-refractivity contribution in [1.82, 2.24) is 14.8 Å². The van der Waals surface area contributed by atoms with Gasteiger partial charge in [-0.2, -0.15) is 0 Å². The molecule has 0 spiro atoms. The highest BCUT2D eigenvalue weighted by Crippen LogP contribution is 2.30. The maximum Gasteiger partial charge on any atom is 0.322 e. The second kappa shape index (κ2) is 12.4. The van der Waals surface area contributed by atoms with Crippen molar-refractivity contribution in [2.75, 3.05) is 32.6 Å². The predicted octanol–water partition coefficient (Wildman–Crippen LogP) is 6.07. The van der Waals surface area contributed by atoms with Crippen molar-refractivity contribution in [2.45, 2.75) is 45.7 Å². The molecule has 0 atom stereocenters. The smallest absolute Gasteiger partial charge is 0.322 e. The highest BCUT2D eigenvalue weighted by atomic mass is 16.5. The van der Waals surface area contributed by atoms with E-state index in [2.05, 4.69) is 16.4 Å². The molecule has 5 rings (SSSR count). The van der Waals surface area contributed by atoms with Gasteiger partial charge in [0.1, 0.15) is 6.54 Å². The number of benzene rings is 3. The molecule has 1 saturated carbocycles. The molecule has 0 radical (unpaired) electrons. The van der Waals surface area contributed by atoms with Gasteiger partial charge in [-0.1, -0.05) is 42.0 Å². The molecule has 0 aliphatic heterocycles. The van der Waals surface area contributed by atoms with E-state index >= 15 is 0 Å². The lowest BCUT2D eigenvalue weighted by atomic mass is 10.1. The van der Waals surface area contributed by atoms with Gasteiger partial charge < -0.3 is 29.6 Å². The first-order valence-electron chi connectivity index (χ1n) is 14.0. The largest absolute Gasteiger partial charge is 0.493 e. The number of anilines is 1. The first-order valence-corrected chi connectivity index (χ1v) is 14.0. The summed E-state index contributed by atoms with van der Waals surface area (Å²) >= 11 is 0. The lowest BCUT2D eigenvalue weighted by molar-refractivity contribution is -0.132. The number of methoxy groups -OCH3 is 2. The highest BCUT2D eigenvalue weighted by Gasteiger charge is 2.35. The molecule has 0 bridgehead atoms. The molecule has 1 aromatic heterocycles. The van der Waals surface area contributed by atoms with Gasteiger partial charge in [-0.25, -0.2) is 4.79 Å². The van der Waals surface area contributed by atoms with E-state index in [0.29, 0.717) is 31.0 Å². The number of carbonyl (C=O) groups is 2. The summed E-state index contributed by atoms with van der Waals surface area (Å²) in [7, 11) is 3.20. The molecule has 0 unspecified atom stereocenters. The summed E-state index contributed by atoms with van der Waals surface area (Å²) in [5, 5.41) is 4.19. The van der Waals surface area contributed by atoms with E-state index in [9.17, 15) is 9.59 Å².